The van der Waals surface area contributed by atoms with E-state index < -0.39 is 0 Å². The third-order valence-electron chi connectivity index (χ3n) is 5.83. The van der Waals surface area contributed by atoms with Crippen LogP contribution in [-0.4, -0.2) is 38.2 Å². The summed E-state index contributed by atoms with van der Waals surface area (Å²) in [6.07, 6.45) is 0.944. The summed E-state index contributed by atoms with van der Waals surface area (Å²) in [7, 11) is 1.73. The molecule has 1 heterocycles. The Morgan fingerprint density at radius 2 is 1.65 bits per heavy atom. The van der Waals surface area contributed by atoms with Gasteiger partial charge in [-0.2, -0.15) is 0 Å². The minimum atomic E-state index is 0.169. The Hall–Kier alpha value is -1.91. The first-order chi connectivity index (χ1) is 15.0. The predicted molar refractivity (Wildman–Crippen MR) is 131 cm³/mol. The molecule has 0 amide bonds. The summed E-state index contributed by atoms with van der Waals surface area (Å²) in [6, 6.07) is 22.2. The van der Waals surface area contributed by atoms with Crippen LogP contribution in [0.4, 0.5) is 5.69 Å². The van der Waals surface area contributed by atoms with Crippen molar-refractivity contribution in [2.45, 2.75) is 12.5 Å². The van der Waals surface area contributed by atoms with Gasteiger partial charge in [0.25, 0.3) is 0 Å². The van der Waals surface area contributed by atoms with Crippen molar-refractivity contribution in [3.63, 3.8) is 0 Å². The Bertz CT molecular complexity index is 1030. The van der Waals surface area contributed by atoms with Crippen LogP contribution < -0.4 is 9.64 Å². The zero-order valence-corrected chi connectivity index (χ0v) is 19.7. The Labute approximate surface area is 199 Å². The molecule has 0 bridgehead atoms. The fourth-order valence-corrected chi connectivity index (χ4v) is 4.85. The van der Waals surface area contributed by atoms with Gasteiger partial charge >= 0.3 is 0 Å². The van der Waals surface area contributed by atoms with Crippen LogP contribution in [0.3, 0.4) is 0 Å². The fourth-order valence-electron chi connectivity index (χ4n) is 4.20. The molecule has 0 aliphatic carbocycles. The molecule has 1 aliphatic rings. The van der Waals surface area contributed by atoms with Crippen molar-refractivity contribution in [1.29, 1.82) is 0 Å². The van der Waals surface area contributed by atoms with E-state index in [2.05, 4.69) is 34.1 Å². The molecular formula is C25H25Cl3N2O. The van der Waals surface area contributed by atoms with E-state index in [1.807, 2.05) is 42.5 Å². The van der Waals surface area contributed by atoms with Crippen LogP contribution in [-0.2, 0) is 6.42 Å². The minimum Gasteiger partial charge on any atom is -0.496 e. The standard InChI is InChI=1S/C25H25Cl3N2O/c1-31-25-5-3-2-4-19(25)12-13-29-14-15-30(23-11-10-21(27)16-22(23)28)24(17-29)18-6-8-20(26)9-7-18/h2-11,16,24H,12-15,17H2,1H3/t24-/m0/s1. The second-order valence-corrected chi connectivity index (χ2v) is 9.00. The third kappa shape index (κ3) is 5.30. The number of piperazine rings is 1. The lowest BCUT2D eigenvalue weighted by atomic mass is 10.0. The average molecular weight is 476 g/mol. The molecule has 3 aromatic carbocycles. The number of nitrogens with zero attached hydrogens (tertiary/aromatic N) is 2. The largest absolute Gasteiger partial charge is 0.496 e. The normalized spacial score (nSPS) is 17.0. The molecule has 0 unspecified atom stereocenters. The molecule has 0 N–H and O–H groups in total. The van der Waals surface area contributed by atoms with Crippen LogP contribution >= 0.6 is 34.8 Å². The maximum Gasteiger partial charge on any atom is 0.122 e. The zero-order chi connectivity index (χ0) is 21.8. The maximum atomic E-state index is 6.58. The molecule has 1 fully saturated rings. The SMILES string of the molecule is COc1ccccc1CCN1CCN(c2ccc(Cl)cc2Cl)[C@H](c2ccc(Cl)cc2)C1. The summed E-state index contributed by atoms with van der Waals surface area (Å²) in [6.45, 7) is 3.70. The van der Waals surface area contributed by atoms with E-state index in [-0.39, 0.29) is 6.04 Å². The van der Waals surface area contributed by atoms with Gasteiger partial charge < -0.3 is 9.64 Å². The second-order valence-electron chi connectivity index (χ2n) is 7.72. The van der Waals surface area contributed by atoms with Gasteiger partial charge in [-0.15, -0.1) is 0 Å². The highest BCUT2D eigenvalue weighted by atomic mass is 35.5. The Kier molecular flexibility index (Phi) is 7.29. The fraction of sp³-hybridized carbons (Fsp3) is 0.280. The number of hydrogen-bond donors (Lipinski definition) is 0. The molecule has 0 saturated carbocycles. The molecule has 0 radical (unpaired) electrons. The number of para-hydroxylation sites is 1. The molecule has 0 spiro atoms. The van der Waals surface area contributed by atoms with Crippen molar-refractivity contribution in [3.8, 4) is 5.75 Å². The molecule has 31 heavy (non-hydrogen) atoms. The van der Waals surface area contributed by atoms with E-state index in [0.29, 0.717) is 10.0 Å². The maximum absolute atomic E-state index is 6.58. The Balaban J connectivity index is 1.56. The molecule has 0 aromatic heterocycles. The van der Waals surface area contributed by atoms with Gasteiger partial charge in [0.05, 0.1) is 23.9 Å². The smallest absolute Gasteiger partial charge is 0.122 e. The first-order valence-electron chi connectivity index (χ1n) is 10.4. The second kappa shape index (κ2) is 10.1. The number of hydrogen-bond acceptors (Lipinski definition) is 3. The van der Waals surface area contributed by atoms with Crippen molar-refractivity contribution in [1.82, 2.24) is 4.90 Å². The van der Waals surface area contributed by atoms with E-state index >= 15 is 0 Å². The monoisotopic (exact) mass is 474 g/mol. The Morgan fingerprint density at radius 1 is 0.903 bits per heavy atom. The lowest BCUT2D eigenvalue weighted by Gasteiger charge is -2.43. The van der Waals surface area contributed by atoms with Crippen LogP contribution in [0, 0.1) is 0 Å². The van der Waals surface area contributed by atoms with Gasteiger partial charge in [-0.05, 0) is 53.9 Å². The average Bonchev–Trinajstić information content (AvgIpc) is 2.78. The molecule has 1 saturated heterocycles. The van der Waals surface area contributed by atoms with Crippen molar-refractivity contribution in [3.05, 3.63) is 92.9 Å². The number of benzene rings is 3. The van der Waals surface area contributed by atoms with Gasteiger partial charge in [-0.1, -0.05) is 65.1 Å². The third-order valence-corrected chi connectivity index (χ3v) is 6.62. The minimum absolute atomic E-state index is 0.169. The number of ether oxygens (including phenoxy) is 1. The van der Waals surface area contributed by atoms with E-state index in [1.54, 1.807) is 7.11 Å². The van der Waals surface area contributed by atoms with Gasteiger partial charge in [0, 0.05) is 36.2 Å². The van der Waals surface area contributed by atoms with Gasteiger partial charge in [0.1, 0.15) is 5.75 Å². The van der Waals surface area contributed by atoms with Crippen molar-refractivity contribution >= 4 is 40.5 Å². The summed E-state index contributed by atoms with van der Waals surface area (Å²) in [4.78, 5) is 4.88. The topological polar surface area (TPSA) is 15.7 Å². The van der Waals surface area contributed by atoms with Crippen LogP contribution in [0.25, 0.3) is 0 Å². The van der Waals surface area contributed by atoms with Crippen molar-refractivity contribution in [2.24, 2.45) is 0 Å². The highest BCUT2D eigenvalue weighted by Crippen LogP contribution is 2.37. The summed E-state index contributed by atoms with van der Waals surface area (Å²) >= 11 is 18.9. The number of methoxy groups -OCH3 is 1. The summed E-state index contributed by atoms with van der Waals surface area (Å²) in [5, 5.41) is 2.06. The molecule has 4 rings (SSSR count). The first-order valence-corrected chi connectivity index (χ1v) is 11.5. The van der Waals surface area contributed by atoms with Gasteiger partial charge in [0.2, 0.25) is 0 Å². The molecule has 3 nitrogen and oxygen atoms in total. The van der Waals surface area contributed by atoms with E-state index in [4.69, 9.17) is 39.5 Å². The van der Waals surface area contributed by atoms with E-state index in [0.717, 1.165) is 49.1 Å². The molecule has 162 valence electrons. The van der Waals surface area contributed by atoms with Gasteiger partial charge in [-0.25, -0.2) is 0 Å². The van der Waals surface area contributed by atoms with Crippen LogP contribution in [0.15, 0.2) is 66.7 Å². The molecule has 6 heteroatoms. The van der Waals surface area contributed by atoms with Crippen molar-refractivity contribution in [2.75, 3.05) is 38.2 Å². The van der Waals surface area contributed by atoms with Gasteiger partial charge in [0.15, 0.2) is 0 Å². The predicted octanol–water partition coefficient (Wildman–Crippen LogP) is 6.76. The Morgan fingerprint density at radius 3 is 2.39 bits per heavy atom. The lowest BCUT2D eigenvalue weighted by molar-refractivity contribution is 0.225. The lowest BCUT2D eigenvalue weighted by Crippen LogP contribution is -2.49. The molecule has 3 aromatic rings. The molecule has 1 aliphatic heterocycles. The number of halogens is 3. The quantitative estimate of drug-likeness (QED) is 0.391. The van der Waals surface area contributed by atoms with Crippen molar-refractivity contribution < 1.29 is 4.74 Å². The highest BCUT2D eigenvalue weighted by Gasteiger charge is 2.29. The van der Waals surface area contributed by atoms with E-state index in [9.17, 15) is 0 Å². The van der Waals surface area contributed by atoms with Crippen LogP contribution in [0.1, 0.15) is 17.2 Å². The first kappa shape index (κ1) is 22.3. The van der Waals surface area contributed by atoms with Crippen LogP contribution in [0.5, 0.6) is 5.75 Å². The van der Waals surface area contributed by atoms with Crippen LogP contribution in [0.2, 0.25) is 15.1 Å². The summed E-state index contributed by atoms with van der Waals surface area (Å²) in [5.74, 6) is 0.948. The van der Waals surface area contributed by atoms with Gasteiger partial charge in [-0.3, -0.25) is 4.90 Å². The molecular weight excluding hydrogens is 451 g/mol. The summed E-state index contributed by atoms with van der Waals surface area (Å²) in [5.41, 5.74) is 3.46. The summed E-state index contributed by atoms with van der Waals surface area (Å²) < 4.78 is 5.52. The highest BCUT2D eigenvalue weighted by molar-refractivity contribution is 6.36. The zero-order valence-electron chi connectivity index (χ0n) is 17.4. The number of anilines is 1. The van der Waals surface area contributed by atoms with E-state index in [1.165, 1.54) is 11.1 Å². The number of rotatable bonds is 6. The molecule has 1 atom stereocenters.